The predicted octanol–water partition coefficient (Wildman–Crippen LogP) is 1.16. The minimum absolute atomic E-state index is 0.800. The van der Waals surface area contributed by atoms with Crippen molar-refractivity contribution in [3.63, 3.8) is 0 Å². The normalized spacial score (nSPS) is 10.6. The van der Waals surface area contributed by atoms with Gasteiger partial charge >= 0.3 is 0 Å². The monoisotopic (exact) mass is 217 g/mol. The van der Waals surface area contributed by atoms with Gasteiger partial charge in [-0.05, 0) is 19.0 Å². The summed E-state index contributed by atoms with van der Waals surface area (Å²) >= 11 is 0. The summed E-state index contributed by atoms with van der Waals surface area (Å²) in [6.45, 7) is 3.96. The third-order valence-corrected chi connectivity index (χ3v) is 2.19. The Morgan fingerprint density at radius 2 is 2.12 bits per heavy atom. The van der Waals surface area contributed by atoms with Crippen LogP contribution in [0.4, 0.5) is 0 Å². The molecule has 0 spiro atoms. The molecule has 1 N–H and O–H groups in total. The summed E-state index contributed by atoms with van der Waals surface area (Å²) in [5.74, 6) is 0. The molecule has 0 saturated carbocycles. The van der Waals surface area contributed by atoms with Gasteiger partial charge in [0.1, 0.15) is 12.0 Å². The zero-order valence-electron chi connectivity index (χ0n) is 9.30. The topological polar surface area (TPSA) is 55.6 Å². The van der Waals surface area contributed by atoms with Crippen molar-refractivity contribution in [3.8, 4) is 5.69 Å². The fourth-order valence-corrected chi connectivity index (χ4v) is 1.40. The van der Waals surface area contributed by atoms with Crippen molar-refractivity contribution in [1.82, 2.24) is 25.1 Å². The van der Waals surface area contributed by atoms with Gasteiger partial charge in [0, 0.05) is 12.7 Å². The first-order chi connectivity index (χ1) is 7.90. The maximum atomic E-state index is 4.43. The summed E-state index contributed by atoms with van der Waals surface area (Å²) in [5, 5.41) is 7.74. The number of hydrogen-bond donors (Lipinski definition) is 1. The molecule has 0 aliphatic rings. The Labute approximate surface area is 94.5 Å². The summed E-state index contributed by atoms with van der Waals surface area (Å²) in [7, 11) is 0. The number of nitrogens with zero attached hydrogens (tertiary/aromatic N) is 4. The lowest BCUT2D eigenvalue weighted by Gasteiger charge is -2.00. The Morgan fingerprint density at radius 3 is 2.88 bits per heavy atom. The Bertz CT molecular complexity index is 423. The largest absolute Gasteiger partial charge is 0.311 e. The lowest BCUT2D eigenvalue weighted by atomic mass is 10.4. The van der Waals surface area contributed by atoms with Crippen molar-refractivity contribution < 1.29 is 0 Å². The SMILES string of the molecule is CCCNCc1ccn(-c2cncnc2)n1. The van der Waals surface area contributed by atoms with Crippen LogP contribution in [0.1, 0.15) is 19.0 Å². The van der Waals surface area contributed by atoms with E-state index in [1.165, 1.54) is 6.33 Å². The first-order valence-corrected chi connectivity index (χ1v) is 5.41. The highest BCUT2D eigenvalue weighted by molar-refractivity contribution is 5.23. The molecule has 0 radical (unpaired) electrons. The molecule has 0 atom stereocenters. The molecule has 2 aromatic rings. The van der Waals surface area contributed by atoms with Crippen LogP contribution in [0.25, 0.3) is 5.69 Å². The van der Waals surface area contributed by atoms with E-state index in [0.29, 0.717) is 0 Å². The molecule has 0 fully saturated rings. The molecule has 5 nitrogen and oxygen atoms in total. The van der Waals surface area contributed by atoms with E-state index >= 15 is 0 Å². The Hall–Kier alpha value is -1.75. The van der Waals surface area contributed by atoms with E-state index in [1.807, 2.05) is 12.3 Å². The molecular weight excluding hydrogens is 202 g/mol. The number of aromatic nitrogens is 4. The van der Waals surface area contributed by atoms with Crippen molar-refractivity contribution in [3.05, 3.63) is 36.7 Å². The molecule has 0 aliphatic heterocycles. The fraction of sp³-hybridized carbons (Fsp3) is 0.364. The van der Waals surface area contributed by atoms with E-state index in [9.17, 15) is 0 Å². The van der Waals surface area contributed by atoms with Crippen LogP contribution in [0, 0.1) is 0 Å². The van der Waals surface area contributed by atoms with Crippen LogP contribution >= 0.6 is 0 Å². The number of nitrogens with one attached hydrogen (secondary N) is 1. The van der Waals surface area contributed by atoms with E-state index in [0.717, 1.165) is 30.9 Å². The maximum Gasteiger partial charge on any atom is 0.115 e. The second-order valence-corrected chi connectivity index (χ2v) is 3.53. The standard InChI is InChI=1S/C11H15N5/c1-2-4-12-6-10-3-5-16(15-10)11-7-13-9-14-8-11/h3,5,7-9,12H,2,4,6H2,1H3. The first kappa shape index (κ1) is 10.8. The van der Waals surface area contributed by atoms with Crippen LogP contribution in [0.2, 0.25) is 0 Å². The van der Waals surface area contributed by atoms with Crippen LogP contribution < -0.4 is 5.32 Å². The highest BCUT2D eigenvalue weighted by Gasteiger charge is 2.00. The second kappa shape index (κ2) is 5.37. The van der Waals surface area contributed by atoms with E-state index in [1.54, 1.807) is 17.1 Å². The molecule has 0 bridgehead atoms. The first-order valence-electron chi connectivity index (χ1n) is 5.41. The fourth-order valence-electron chi connectivity index (χ4n) is 1.40. The third-order valence-electron chi connectivity index (χ3n) is 2.19. The molecule has 84 valence electrons. The lowest BCUT2D eigenvalue weighted by Crippen LogP contribution is -2.14. The van der Waals surface area contributed by atoms with Crippen molar-refractivity contribution in [2.75, 3.05) is 6.54 Å². The second-order valence-electron chi connectivity index (χ2n) is 3.53. The van der Waals surface area contributed by atoms with Gasteiger partial charge in [-0.2, -0.15) is 5.10 Å². The Balaban J connectivity index is 2.02. The van der Waals surface area contributed by atoms with E-state index in [-0.39, 0.29) is 0 Å². The quantitative estimate of drug-likeness (QED) is 0.764. The number of hydrogen-bond acceptors (Lipinski definition) is 4. The molecule has 2 aromatic heterocycles. The Kier molecular flexibility index (Phi) is 3.61. The van der Waals surface area contributed by atoms with Gasteiger partial charge in [0.05, 0.1) is 18.1 Å². The molecule has 2 heterocycles. The molecule has 0 amide bonds. The highest BCUT2D eigenvalue weighted by atomic mass is 15.3. The minimum atomic E-state index is 0.800. The summed E-state index contributed by atoms with van der Waals surface area (Å²) < 4.78 is 1.78. The summed E-state index contributed by atoms with van der Waals surface area (Å²) in [5.41, 5.74) is 1.90. The average Bonchev–Trinajstić information content (AvgIpc) is 2.79. The van der Waals surface area contributed by atoms with Gasteiger partial charge < -0.3 is 5.32 Å². The van der Waals surface area contributed by atoms with Gasteiger partial charge in [-0.3, -0.25) is 0 Å². The summed E-state index contributed by atoms with van der Waals surface area (Å²) in [4.78, 5) is 7.92. The molecular formula is C11H15N5. The molecule has 0 aliphatic carbocycles. The van der Waals surface area contributed by atoms with Gasteiger partial charge in [0.15, 0.2) is 0 Å². The van der Waals surface area contributed by atoms with Gasteiger partial charge in [0.2, 0.25) is 0 Å². The minimum Gasteiger partial charge on any atom is -0.311 e. The van der Waals surface area contributed by atoms with Crippen LogP contribution in [0.3, 0.4) is 0 Å². The summed E-state index contributed by atoms with van der Waals surface area (Å²) in [6, 6.07) is 2.00. The molecule has 5 heteroatoms. The smallest absolute Gasteiger partial charge is 0.115 e. The van der Waals surface area contributed by atoms with Gasteiger partial charge in [-0.25, -0.2) is 14.6 Å². The molecule has 2 rings (SSSR count). The lowest BCUT2D eigenvalue weighted by molar-refractivity contribution is 0.656. The molecule has 0 unspecified atom stereocenters. The molecule has 0 aromatic carbocycles. The summed E-state index contributed by atoms with van der Waals surface area (Å²) in [6.07, 6.45) is 8.04. The third kappa shape index (κ3) is 2.64. The van der Waals surface area contributed by atoms with Crippen LogP contribution in [0.5, 0.6) is 0 Å². The van der Waals surface area contributed by atoms with Crippen LogP contribution in [0.15, 0.2) is 31.0 Å². The van der Waals surface area contributed by atoms with E-state index < -0.39 is 0 Å². The number of rotatable bonds is 5. The highest BCUT2D eigenvalue weighted by Crippen LogP contribution is 2.03. The van der Waals surface area contributed by atoms with Crippen LogP contribution in [-0.4, -0.2) is 26.3 Å². The zero-order valence-corrected chi connectivity index (χ0v) is 9.30. The average molecular weight is 217 g/mol. The van der Waals surface area contributed by atoms with Gasteiger partial charge in [0.25, 0.3) is 0 Å². The molecule has 0 saturated heterocycles. The van der Waals surface area contributed by atoms with Crippen molar-refractivity contribution in [2.45, 2.75) is 19.9 Å². The van der Waals surface area contributed by atoms with E-state index in [2.05, 4.69) is 27.3 Å². The zero-order chi connectivity index (χ0) is 11.2. The van der Waals surface area contributed by atoms with Crippen molar-refractivity contribution in [1.29, 1.82) is 0 Å². The van der Waals surface area contributed by atoms with E-state index in [4.69, 9.17) is 0 Å². The van der Waals surface area contributed by atoms with Gasteiger partial charge in [-0.1, -0.05) is 6.92 Å². The van der Waals surface area contributed by atoms with Crippen LogP contribution in [-0.2, 0) is 6.54 Å². The molecule has 16 heavy (non-hydrogen) atoms. The van der Waals surface area contributed by atoms with Crippen molar-refractivity contribution in [2.24, 2.45) is 0 Å². The predicted molar refractivity (Wildman–Crippen MR) is 61.2 cm³/mol. The van der Waals surface area contributed by atoms with Gasteiger partial charge in [-0.15, -0.1) is 0 Å². The van der Waals surface area contributed by atoms with Crippen molar-refractivity contribution >= 4 is 0 Å². The maximum absolute atomic E-state index is 4.43. The Morgan fingerprint density at radius 1 is 1.31 bits per heavy atom.